The highest BCUT2D eigenvalue weighted by Crippen LogP contribution is 2.35. The van der Waals surface area contributed by atoms with E-state index in [9.17, 15) is 4.39 Å². The zero-order valence-corrected chi connectivity index (χ0v) is 10.4. The summed E-state index contributed by atoms with van der Waals surface area (Å²) in [7, 11) is 0. The lowest BCUT2D eigenvalue weighted by Crippen LogP contribution is -1.99. The van der Waals surface area contributed by atoms with Gasteiger partial charge in [-0.25, -0.2) is 4.39 Å². The van der Waals surface area contributed by atoms with Gasteiger partial charge in [-0.3, -0.25) is 0 Å². The summed E-state index contributed by atoms with van der Waals surface area (Å²) in [6, 6.07) is 9.99. The van der Waals surface area contributed by atoms with E-state index in [4.69, 9.17) is 28.9 Å². The highest BCUT2D eigenvalue weighted by Gasteiger charge is 2.10. The molecule has 0 saturated carbocycles. The second kappa shape index (κ2) is 5.05. The van der Waals surface area contributed by atoms with Crippen LogP contribution in [0.15, 0.2) is 36.4 Å². The topological polar surface area (TPSA) is 26.0 Å². The molecular weight excluding hydrogens is 260 g/mol. The minimum Gasteiger partial charge on any atom is -0.326 e. The molecule has 0 aliphatic carbocycles. The molecule has 2 rings (SSSR count). The molecule has 2 aromatic carbocycles. The molecule has 1 nitrogen and oxygen atoms in total. The number of nitrogens with two attached hydrogens (primary N) is 1. The molecule has 0 heterocycles. The van der Waals surface area contributed by atoms with Crippen molar-refractivity contribution in [3.05, 3.63) is 57.8 Å². The van der Waals surface area contributed by atoms with Crippen molar-refractivity contribution in [2.24, 2.45) is 5.73 Å². The summed E-state index contributed by atoms with van der Waals surface area (Å²) >= 11 is 12.1. The fourth-order valence-corrected chi connectivity index (χ4v) is 2.26. The van der Waals surface area contributed by atoms with E-state index in [0.717, 1.165) is 0 Å². The van der Waals surface area contributed by atoms with Crippen LogP contribution in [0.4, 0.5) is 4.39 Å². The summed E-state index contributed by atoms with van der Waals surface area (Å²) in [6.45, 7) is 0.169. The fourth-order valence-electron chi connectivity index (χ4n) is 1.64. The number of rotatable bonds is 2. The Hall–Kier alpha value is -1.09. The Morgan fingerprint density at radius 2 is 1.71 bits per heavy atom. The van der Waals surface area contributed by atoms with Gasteiger partial charge in [0.2, 0.25) is 0 Å². The molecule has 88 valence electrons. The summed E-state index contributed by atoms with van der Waals surface area (Å²) in [5.41, 5.74) is 7.16. The predicted molar refractivity (Wildman–Crippen MR) is 69.7 cm³/mol. The second-order valence-electron chi connectivity index (χ2n) is 3.61. The minimum atomic E-state index is -0.346. The number of hydrogen-bond acceptors (Lipinski definition) is 1. The Kier molecular flexibility index (Phi) is 3.67. The Bertz CT molecular complexity index is 535. The highest BCUT2D eigenvalue weighted by atomic mass is 35.5. The van der Waals surface area contributed by atoms with E-state index in [1.165, 1.54) is 6.07 Å². The molecule has 0 unspecified atom stereocenters. The van der Waals surface area contributed by atoms with Crippen molar-refractivity contribution < 1.29 is 4.39 Å². The predicted octanol–water partition coefficient (Wildman–Crippen LogP) is 4.26. The summed E-state index contributed by atoms with van der Waals surface area (Å²) in [4.78, 5) is 0. The second-order valence-corrected chi connectivity index (χ2v) is 4.42. The molecule has 0 aliphatic heterocycles. The lowest BCUT2D eigenvalue weighted by atomic mass is 10.0. The van der Waals surface area contributed by atoms with Crippen molar-refractivity contribution in [3.63, 3.8) is 0 Å². The average Bonchev–Trinajstić information content (AvgIpc) is 2.29. The monoisotopic (exact) mass is 269 g/mol. The molecular formula is C13H10Cl2FN. The molecule has 0 bridgehead atoms. The first-order chi connectivity index (χ1) is 8.13. The van der Waals surface area contributed by atoms with Crippen LogP contribution in [0.25, 0.3) is 11.1 Å². The van der Waals surface area contributed by atoms with Gasteiger partial charge in [0.1, 0.15) is 5.82 Å². The van der Waals surface area contributed by atoms with Gasteiger partial charge in [-0.05, 0) is 23.8 Å². The Labute approximate surface area is 109 Å². The maximum atomic E-state index is 13.6. The maximum Gasteiger partial charge on any atom is 0.128 e. The van der Waals surface area contributed by atoms with Crippen LogP contribution in [0.2, 0.25) is 10.0 Å². The summed E-state index contributed by atoms with van der Waals surface area (Å²) in [5.74, 6) is -0.346. The molecule has 2 aromatic rings. The van der Waals surface area contributed by atoms with E-state index >= 15 is 0 Å². The first kappa shape index (κ1) is 12.4. The van der Waals surface area contributed by atoms with Crippen molar-refractivity contribution in [2.45, 2.75) is 6.54 Å². The third kappa shape index (κ3) is 2.44. The standard InChI is InChI=1S/C13H10Cl2FN/c14-10-2-1-3-11(15)13(10)8-4-5-9(7-17)12(16)6-8/h1-6H,7,17H2. The quantitative estimate of drug-likeness (QED) is 0.866. The molecule has 0 spiro atoms. The van der Waals surface area contributed by atoms with Crippen LogP contribution in [-0.4, -0.2) is 0 Å². The Morgan fingerprint density at radius 1 is 1.06 bits per heavy atom. The third-order valence-corrected chi connectivity index (χ3v) is 3.15. The lowest BCUT2D eigenvalue weighted by Gasteiger charge is -2.08. The number of benzene rings is 2. The number of hydrogen-bond donors (Lipinski definition) is 1. The lowest BCUT2D eigenvalue weighted by molar-refractivity contribution is 0.611. The summed E-state index contributed by atoms with van der Waals surface area (Å²) in [5, 5.41) is 0.995. The summed E-state index contributed by atoms with van der Waals surface area (Å²) < 4.78 is 13.6. The van der Waals surface area contributed by atoms with Gasteiger partial charge in [-0.15, -0.1) is 0 Å². The van der Waals surface area contributed by atoms with E-state index in [1.54, 1.807) is 30.3 Å². The molecule has 0 radical (unpaired) electrons. The maximum absolute atomic E-state index is 13.6. The van der Waals surface area contributed by atoms with Crippen molar-refractivity contribution >= 4 is 23.2 Å². The molecule has 17 heavy (non-hydrogen) atoms. The van der Waals surface area contributed by atoms with E-state index in [2.05, 4.69) is 0 Å². The first-order valence-electron chi connectivity index (χ1n) is 5.06. The van der Waals surface area contributed by atoms with Crippen LogP contribution in [-0.2, 0) is 6.54 Å². The fraction of sp³-hybridized carbons (Fsp3) is 0.0769. The van der Waals surface area contributed by atoms with Crippen LogP contribution >= 0.6 is 23.2 Å². The van der Waals surface area contributed by atoms with Crippen LogP contribution in [0.3, 0.4) is 0 Å². The van der Waals surface area contributed by atoms with E-state index in [0.29, 0.717) is 26.7 Å². The van der Waals surface area contributed by atoms with E-state index < -0.39 is 0 Å². The van der Waals surface area contributed by atoms with Crippen molar-refractivity contribution in [2.75, 3.05) is 0 Å². The molecule has 0 atom stereocenters. The van der Waals surface area contributed by atoms with Gasteiger partial charge >= 0.3 is 0 Å². The van der Waals surface area contributed by atoms with Gasteiger partial charge in [0.25, 0.3) is 0 Å². The van der Waals surface area contributed by atoms with Crippen molar-refractivity contribution in [1.82, 2.24) is 0 Å². The molecule has 0 aromatic heterocycles. The molecule has 0 aliphatic rings. The van der Waals surface area contributed by atoms with Gasteiger partial charge in [-0.1, -0.05) is 41.4 Å². The van der Waals surface area contributed by atoms with Gasteiger partial charge in [0, 0.05) is 27.7 Å². The van der Waals surface area contributed by atoms with E-state index in [-0.39, 0.29) is 12.4 Å². The van der Waals surface area contributed by atoms with Crippen LogP contribution in [0.1, 0.15) is 5.56 Å². The molecule has 0 fully saturated rings. The Balaban J connectivity index is 2.57. The molecule has 0 saturated heterocycles. The SMILES string of the molecule is NCc1ccc(-c2c(Cl)cccc2Cl)cc1F. The molecule has 0 amide bonds. The van der Waals surface area contributed by atoms with Crippen molar-refractivity contribution in [1.29, 1.82) is 0 Å². The van der Waals surface area contributed by atoms with Crippen LogP contribution < -0.4 is 5.73 Å². The first-order valence-corrected chi connectivity index (χ1v) is 5.82. The summed E-state index contributed by atoms with van der Waals surface area (Å²) in [6.07, 6.45) is 0. The third-order valence-electron chi connectivity index (χ3n) is 2.52. The zero-order chi connectivity index (χ0) is 12.4. The zero-order valence-electron chi connectivity index (χ0n) is 8.88. The average molecular weight is 270 g/mol. The van der Waals surface area contributed by atoms with Gasteiger partial charge in [0.15, 0.2) is 0 Å². The van der Waals surface area contributed by atoms with Crippen molar-refractivity contribution in [3.8, 4) is 11.1 Å². The molecule has 2 N–H and O–H groups in total. The normalized spacial score (nSPS) is 10.6. The Morgan fingerprint density at radius 3 is 2.24 bits per heavy atom. The highest BCUT2D eigenvalue weighted by molar-refractivity contribution is 6.39. The van der Waals surface area contributed by atoms with Crippen LogP contribution in [0.5, 0.6) is 0 Å². The van der Waals surface area contributed by atoms with Gasteiger partial charge < -0.3 is 5.73 Å². The van der Waals surface area contributed by atoms with E-state index in [1.807, 2.05) is 0 Å². The largest absolute Gasteiger partial charge is 0.326 e. The number of halogens is 3. The molecule has 4 heteroatoms. The van der Waals surface area contributed by atoms with Gasteiger partial charge in [0.05, 0.1) is 0 Å². The minimum absolute atomic E-state index is 0.169. The van der Waals surface area contributed by atoms with Crippen LogP contribution in [0, 0.1) is 5.82 Å². The van der Waals surface area contributed by atoms with Gasteiger partial charge in [-0.2, -0.15) is 0 Å². The smallest absolute Gasteiger partial charge is 0.128 e.